The zero-order valence-electron chi connectivity index (χ0n) is 13.5. The normalized spacial score (nSPS) is 16.2. The first-order chi connectivity index (χ1) is 12.5. The molecule has 0 spiro atoms. The van der Waals surface area contributed by atoms with E-state index in [0.717, 1.165) is 0 Å². The molecule has 1 aliphatic rings. The van der Waals surface area contributed by atoms with Gasteiger partial charge >= 0.3 is 6.61 Å². The minimum absolute atomic E-state index is 0.133. The van der Waals surface area contributed by atoms with Crippen molar-refractivity contribution in [1.82, 2.24) is 19.9 Å². The molecule has 9 heteroatoms. The van der Waals surface area contributed by atoms with E-state index in [4.69, 9.17) is 11.6 Å². The first kappa shape index (κ1) is 16.7. The Hall–Kier alpha value is -2.74. The number of rotatable bonds is 3. The molecule has 1 aromatic carbocycles. The minimum atomic E-state index is -3.04. The van der Waals surface area contributed by atoms with Crippen LogP contribution in [0.2, 0.25) is 5.15 Å². The van der Waals surface area contributed by atoms with E-state index in [2.05, 4.69) is 20.0 Å². The second kappa shape index (κ2) is 6.21. The molecule has 6 nitrogen and oxygen atoms in total. The van der Waals surface area contributed by atoms with Crippen molar-refractivity contribution in [1.29, 1.82) is 0 Å². The maximum atomic E-state index is 12.9. The Kier molecular flexibility index (Phi) is 3.99. The zero-order chi connectivity index (χ0) is 18.4. The molecule has 1 amide bonds. The first-order valence-corrected chi connectivity index (χ1v) is 8.31. The summed E-state index contributed by atoms with van der Waals surface area (Å²) in [4.78, 5) is 21.5. The lowest BCUT2D eigenvalue weighted by Crippen LogP contribution is -2.27. The van der Waals surface area contributed by atoms with Crippen molar-refractivity contribution in [3.63, 3.8) is 0 Å². The summed E-state index contributed by atoms with van der Waals surface area (Å²) < 4.78 is 32.1. The zero-order valence-corrected chi connectivity index (χ0v) is 14.3. The van der Waals surface area contributed by atoms with Crippen molar-refractivity contribution in [2.45, 2.75) is 26.0 Å². The number of nitrogens with zero attached hydrogens (tertiary/aromatic N) is 3. The van der Waals surface area contributed by atoms with Crippen molar-refractivity contribution >= 4 is 28.7 Å². The van der Waals surface area contributed by atoms with Crippen molar-refractivity contribution in [3.8, 4) is 11.4 Å². The van der Waals surface area contributed by atoms with Gasteiger partial charge in [0.05, 0.1) is 11.6 Å². The molecular weight excluding hydrogens is 366 g/mol. The Morgan fingerprint density at radius 1 is 1.31 bits per heavy atom. The van der Waals surface area contributed by atoms with Gasteiger partial charge in [-0.1, -0.05) is 24.6 Å². The Labute approximate surface area is 151 Å². The molecule has 3 heterocycles. The fourth-order valence-electron chi connectivity index (χ4n) is 3.12. The molecule has 3 aromatic rings. The molecule has 0 aliphatic carbocycles. The van der Waals surface area contributed by atoms with Gasteiger partial charge in [0, 0.05) is 0 Å². The molecule has 26 heavy (non-hydrogen) atoms. The molecule has 0 saturated heterocycles. The van der Waals surface area contributed by atoms with Crippen LogP contribution in [0.15, 0.2) is 30.3 Å². The van der Waals surface area contributed by atoms with E-state index in [1.807, 2.05) is 6.92 Å². The number of amides is 1. The molecular formula is C17H13ClF2N4O2. The topological polar surface area (TPSA) is 69.0 Å². The van der Waals surface area contributed by atoms with Gasteiger partial charge in [-0.3, -0.25) is 9.36 Å². The fraction of sp³-hybridized carbons (Fsp3) is 0.235. The number of alkyl halides is 2. The van der Waals surface area contributed by atoms with Crippen LogP contribution >= 0.6 is 11.6 Å². The van der Waals surface area contributed by atoms with E-state index >= 15 is 0 Å². The van der Waals surface area contributed by atoms with Gasteiger partial charge in [-0.05, 0) is 30.7 Å². The van der Waals surface area contributed by atoms with Crippen molar-refractivity contribution < 1.29 is 18.3 Å². The van der Waals surface area contributed by atoms with Crippen LogP contribution in [0, 0.1) is 0 Å². The lowest BCUT2D eigenvalue weighted by molar-refractivity contribution is -0.0498. The number of para-hydroxylation sites is 1. The smallest absolute Gasteiger partial charge is 0.387 e. The fourth-order valence-corrected chi connectivity index (χ4v) is 3.26. The van der Waals surface area contributed by atoms with Gasteiger partial charge in [0.15, 0.2) is 11.4 Å². The third-order valence-electron chi connectivity index (χ3n) is 4.20. The Morgan fingerprint density at radius 3 is 2.85 bits per heavy atom. The van der Waals surface area contributed by atoms with Crippen molar-refractivity contribution in [2.75, 3.05) is 0 Å². The second-order valence-corrected chi connectivity index (χ2v) is 6.13. The summed E-state index contributed by atoms with van der Waals surface area (Å²) in [5.41, 5.74) is 1.28. The number of hydrogen-bond acceptors (Lipinski definition) is 4. The number of imidazole rings is 1. The van der Waals surface area contributed by atoms with Crippen LogP contribution in [-0.4, -0.2) is 27.1 Å². The van der Waals surface area contributed by atoms with Crippen LogP contribution in [0.1, 0.15) is 35.6 Å². The third-order valence-corrected chi connectivity index (χ3v) is 4.42. The standard InChI is InChI=1S/C17H13ClF2N4O2/c1-2-9-14-21-10-6-7-12(18)23-15(10)24(14)13-8(16(25)22-9)4-3-5-11(13)26-17(19)20/h3-7,9,17H,2H2,1H3,(H,22,25). The maximum Gasteiger partial charge on any atom is 0.387 e. The van der Waals surface area contributed by atoms with Gasteiger partial charge in [-0.25, -0.2) is 9.97 Å². The van der Waals surface area contributed by atoms with Crippen LogP contribution in [-0.2, 0) is 0 Å². The number of fused-ring (bicyclic) bond motifs is 5. The molecule has 1 atom stereocenters. The second-order valence-electron chi connectivity index (χ2n) is 5.75. The highest BCUT2D eigenvalue weighted by Gasteiger charge is 2.32. The Morgan fingerprint density at radius 2 is 2.12 bits per heavy atom. The molecule has 2 aromatic heterocycles. The van der Waals surface area contributed by atoms with E-state index in [-0.39, 0.29) is 22.2 Å². The molecule has 1 N–H and O–H groups in total. The van der Waals surface area contributed by atoms with E-state index in [1.54, 1.807) is 22.8 Å². The summed E-state index contributed by atoms with van der Waals surface area (Å²) in [6.07, 6.45) is 0.557. The van der Waals surface area contributed by atoms with E-state index in [9.17, 15) is 13.6 Å². The number of carbonyl (C=O) groups is 1. The number of halogens is 3. The molecule has 0 saturated carbocycles. The highest BCUT2D eigenvalue weighted by molar-refractivity contribution is 6.29. The largest absolute Gasteiger partial charge is 0.433 e. The van der Waals surface area contributed by atoms with Crippen LogP contribution in [0.25, 0.3) is 16.9 Å². The quantitative estimate of drug-likeness (QED) is 0.702. The summed E-state index contributed by atoms with van der Waals surface area (Å²) >= 11 is 6.02. The van der Waals surface area contributed by atoms with Crippen LogP contribution in [0.5, 0.6) is 5.75 Å². The molecule has 134 valence electrons. The van der Waals surface area contributed by atoms with Crippen molar-refractivity contribution in [2.24, 2.45) is 0 Å². The van der Waals surface area contributed by atoms with Gasteiger partial charge < -0.3 is 10.1 Å². The van der Waals surface area contributed by atoms with E-state index in [0.29, 0.717) is 23.4 Å². The average Bonchev–Trinajstić information content (AvgIpc) is 2.91. The van der Waals surface area contributed by atoms with E-state index in [1.165, 1.54) is 12.1 Å². The molecule has 1 aliphatic heterocycles. The van der Waals surface area contributed by atoms with Gasteiger partial charge in [-0.15, -0.1) is 0 Å². The van der Waals surface area contributed by atoms with Gasteiger partial charge in [0.2, 0.25) is 0 Å². The number of pyridine rings is 1. The van der Waals surface area contributed by atoms with E-state index < -0.39 is 18.6 Å². The summed E-state index contributed by atoms with van der Waals surface area (Å²) in [5, 5.41) is 3.10. The number of benzene rings is 1. The summed E-state index contributed by atoms with van der Waals surface area (Å²) in [6.45, 7) is -1.15. The average molecular weight is 379 g/mol. The summed E-state index contributed by atoms with van der Waals surface area (Å²) in [7, 11) is 0. The van der Waals surface area contributed by atoms with Crippen molar-refractivity contribution in [3.05, 3.63) is 46.9 Å². The summed E-state index contributed by atoms with van der Waals surface area (Å²) in [6, 6.07) is 7.28. The Balaban J connectivity index is 2.11. The third kappa shape index (κ3) is 2.57. The van der Waals surface area contributed by atoms with Crippen LogP contribution < -0.4 is 10.1 Å². The Bertz CT molecular complexity index is 1020. The predicted octanol–water partition coefficient (Wildman–Crippen LogP) is 3.87. The maximum absolute atomic E-state index is 12.9. The number of ether oxygens (including phenoxy) is 1. The minimum Gasteiger partial charge on any atom is -0.433 e. The number of hydrogen-bond donors (Lipinski definition) is 1. The highest BCUT2D eigenvalue weighted by atomic mass is 35.5. The predicted molar refractivity (Wildman–Crippen MR) is 91.0 cm³/mol. The molecule has 0 bridgehead atoms. The SMILES string of the molecule is CCC1NC(=O)c2cccc(OC(F)F)c2-n2c1nc1ccc(Cl)nc12. The number of aromatic nitrogens is 3. The molecule has 0 radical (unpaired) electrons. The lowest BCUT2D eigenvalue weighted by Gasteiger charge is -2.15. The van der Waals surface area contributed by atoms with Gasteiger partial charge in [0.25, 0.3) is 5.91 Å². The number of nitrogens with one attached hydrogen (secondary N) is 1. The summed E-state index contributed by atoms with van der Waals surface area (Å²) in [5.74, 6) is -0.0475. The molecule has 1 unspecified atom stereocenters. The first-order valence-electron chi connectivity index (χ1n) is 7.93. The molecule has 4 rings (SSSR count). The number of carbonyl (C=O) groups excluding carboxylic acids is 1. The van der Waals surface area contributed by atoms with Crippen LogP contribution in [0.4, 0.5) is 8.78 Å². The van der Waals surface area contributed by atoms with Gasteiger partial charge in [0.1, 0.15) is 22.2 Å². The monoisotopic (exact) mass is 378 g/mol. The molecule has 0 fully saturated rings. The highest BCUT2D eigenvalue weighted by Crippen LogP contribution is 2.37. The van der Waals surface area contributed by atoms with Crippen LogP contribution in [0.3, 0.4) is 0 Å². The lowest BCUT2D eigenvalue weighted by atomic mass is 10.1. The van der Waals surface area contributed by atoms with Gasteiger partial charge in [-0.2, -0.15) is 8.78 Å².